The average Bonchev–Trinajstić information content (AvgIpc) is 3.59. The second kappa shape index (κ2) is 11.1. The Morgan fingerprint density at radius 3 is 2.37 bits per heavy atom. The number of hydrogen-bond acceptors (Lipinski definition) is 4. The van der Waals surface area contributed by atoms with E-state index in [1.807, 2.05) is 60.7 Å². The van der Waals surface area contributed by atoms with E-state index < -0.39 is 15.3 Å². The van der Waals surface area contributed by atoms with Gasteiger partial charge in [0.2, 0.25) is 10.0 Å². The first kappa shape index (κ1) is 26.2. The topological polar surface area (TPSA) is 78.1 Å². The van der Waals surface area contributed by atoms with Gasteiger partial charge in [-0.1, -0.05) is 73.7 Å². The van der Waals surface area contributed by atoms with Gasteiger partial charge >= 0.3 is 0 Å². The Labute approximate surface area is 225 Å². The van der Waals surface area contributed by atoms with E-state index in [0.29, 0.717) is 11.6 Å². The van der Waals surface area contributed by atoms with Crippen molar-refractivity contribution in [3.8, 4) is 6.07 Å². The van der Waals surface area contributed by atoms with E-state index in [4.69, 9.17) is 0 Å². The van der Waals surface area contributed by atoms with Gasteiger partial charge in [-0.25, -0.2) is 8.42 Å². The van der Waals surface area contributed by atoms with Crippen molar-refractivity contribution in [2.45, 2.75) is 50.1 Å². The number of nitriles is 1. The molecule has 1 N–H and O–H groups in total. The molecule has 1 saturated heterocycles. The number of aromatic nitrogens is 1. The third kappa shape index (κ3) is 5.25. The average molecular weight is 527 g/mol. The maximum absolute atomic E-state index is 13.6. The fourth-order valence-corrected chi connectivity index (χ4v) is 6.87. The summed E-state index contributed by atoms with van der Waals surface area (Å²) in [6.07, 6.45) is 4.49. The molecule has 3 aromatic carbocycles. The molecular weight excluding hydrogens is 492 g/mol. The molecule has 1 aliphatic rings. The standard InChI is InChI=1S/C31H34N4O2S/c1-23(29-14-9-17-33-29)28-22-35(21-25-12-7-4-8-13-25)30-16-15-26(18-27(28)30)31(19-32)38(36,37)34(2)20-24-10-5-3-6-11-24/h3-8,10-13,15-16,18,22-23,29,31,33H,9,14,17,20-21H2,1-2H3/t23?,29-,31?/m1/s1. The summed E-state index contributed by atoms with van der Waals surface area (Å²) in [6.45, 7) is 4.20. The van der Waals surface area contributed by atoms with E-state index in [9.17, 15) is 13.7 Å². The molecule has 0 saturated carbocycles. The Balaban J connectivity index is 1.54. The highest BCUT2D eigenvalue weighted by Crippen LogP contribution is 2.36. The van der Waals surface area contributed by atoms with Crippen LogP contribution in [0, 0.1) is 11.3 Å². The van der Waals surface area contributed by atoms with Crippen LogP contribution >= 0.6 is 0 Å². The molecule has 0 amide bonds. The summed E-state index contributed by atoms with van der Waals surface area (Å²) < 4.78 is 30.7. The zero-order valence-electron chi connectivity index (χ0n) is 21.9. The van der Waals surface area contributed by atoms with Crippen molar-refractivity contribution in [3.05, 3.63) is 107 Å². The first-order chi connectivity index (χ1) is 18.4. The Bertz CT molecular complexity index is 1540. The summed E-state index contributed by atoms with van der Waals surface area (Å²) in [5.74, 6) is 0.255. The summed E-state index contributed by atoms with van der Waals surface area (Å²) in [7, 11) is -2.37. The van der Waals surface area contributed by atoms with Gasteiger partial charge in [-0.2, -0.15) is 9.57 Å². The lowest BCUT2D eigenvalue weighted by molar-refractivity contribution is 0.462. The predicted octanol–water partition coefficient (Wildman–Crippen LogP) is 5.57. The van der Waals surface area contributed by atoms with Gasteiger partial charge in [0, 0.05) is 43.3 Å². The fourth-order valence-electron chi connectivity index (χ4n) is 5.56. The van der Waals surface area contributed by atoms with E-state index in [0.717, 1.165) is 42.4 Å². The van der Waals surface area contributed by atoms with Crippen LogP contribution in [0.15, 0.2) is 85.1 Å². The van der Waals surface area contributed by atoms with Crippen LogP contribution in [0.5, 0.6) is 0 Å². The molecule has 0 radical (unpaired) electrons. The van der Waals surface area contributed by atoms with Crippen LogP contribution < -0.4 is 5.32 Å². The van der Waals surface area contributed by atoms with Gasteiger partial charge in [0.1, 0.15) is 0 Å². The SMILES string of the molecule is CC(c1cn(Cc2ccccc2)c2ccc(C(C#N)S(=O)(=O)N(C)Cc3ccccc3)cc12)[C@H]1CCCN1. The van der Waals surface area contributed by atoms with Crippen LogP contribution in [0.1, 0.15) is 53.2 Å². The lowest BCUT2D eigenvalue weighted by Gasteiger charge is -2.21. The number of fused-ring (bicyclic) bond motifs is 1. The summed E-state index contributed by atoms with van der Waals surface area (Å²) in [5.41, 5.74) is 4.81. The molecule has 2 unspecified atom stereocenters. The van der Waals surface area contributed by atoms with Crippen LogP contribution in [0.4, 0.5) is 0 Å². The minimum atomic E-state index is -3.91. The number of nitrogens with zero attached hydrogens (tertiary/aromatic N) is 3. The second-order valence-electron chi connectivity index (χ2n) is 10.3. The van der Waals surface area contributed by atoms with Gasteiger partial charge in [-0.15, -0.1) is 0 Å². The minimum absolute atomic E-state index is 0.215. The summed E-state index contributed by atoms with van der Waals surface area (Å²) >= 11 is 0. The van der Waals surface area contributed by atoms with Gasteiger partial charge in [0.15, 0.2) is 5.25 Å². The third-order valence-electron chi connectivity index (χ3n) is 7.72. The first-order valence-corrected chi connectivity index (χ1v) is 14.7. The zero-order valence-corrected chi connectivity index (χ0v) is 22.7. The van der Waals surface area contributed by atoms with Gasteiger partial charge in [-0.3, -0.25) is 0 Å². The normalized spacial score (nSPS) is 17.5. The Morgan fingerprint density at radius 1 is 1.05 bits per heavy atom. The van der Waals surface area contributed by atoms with Crippen LogP contribution in [0.2, 0.25) is 0 Å². The molecule has 1 aliphatic heterocycles. The minimum Gasteiger partial charge on any atom is -0.343 e. The van der Waals surface area contributed by atoms with Gasteiger partial charge in [0.25, 0.3) is 0 Å². The molecule has 1 fully saturated rings. The van der Waals surface area contributed by atoms with Crippen molar-refractivity contribution in [2.24, 2.45) is 0 Å². The molecule has 2 heterocycles. The van der Waals surface area contributed by atoms with Crippen LogP contribution in [0.3, 0.4) is 0 Å². The van der Waals surface area contributed by atoms with Gasteiger partial charge < -0.3 is 9.88 Å². The fraction of sp³-hybridized carbons (Fsp3) is 0.323. The zero-order chi connectivity index (χ0) is 26.7. The number of hydrogen-bond donors (Lipinski definition) is 1. The van der Waals surface area contributed by atoms with E-state index in [1.54, 1.807) is 13.1 Å². The molecule has 7 heteroatoms. The molecule has 4 aromatic rings. The highest BCUT2D eigenvalue weighted by Gasteiger charge is 2.32. The van der Waals surface area contributed by atoms with Crippen LogP contribution in [-0.4, -0.2) is 36.9 Å². The maximum atomic E-state index is 13.6. The van der Waals surface area contributed by atoms with Crippen molar-refractivity contribution in [3.63, 3.8) is 0 Å². The van der Waals surface area contributed by atoms with Crippen LogP contribution in [-0.2, 0) is 23.1 Å². The van der Waals surface area contributed by atoms with Crippen molar-refractivity contribution >= 4 is 20.9 Å². The lowest BCUT2D eigenvalue weighted by atomic mass is 9.91. The van der Waals surface area contributed by atoms with Crippen molar-refractivity contribution in [2.75, 3.05) is 13.6 Å². The smallest absolute Gasteiger partial charge is 0.234 e. The second-order valence-corrected chi connectivity index (χ2v) is 12.4. The summed E-state index contributed by atoms with van der Waals surface area (Å²) in [5, 5.41) is 13.4. The Hall–Kier alpha value is -3.44. The molecule has 196 valence electrons. The quantitative estimate of drug-likeness (QED) is 0.309. The largest absolute Gasteiger partial charge is 0.343 e. The van der Waals surface area contributed by atoms with E-state index in [2.05, 4.69) is 41.2 Å². The number of nitrogens with one attached hydrogen (secondary N) is 1. The van der Waals surface area contributed by atoms with Gasteiger partial charge in [0.05, 0.1) is 6.07 Å². The monoisotopic (exact) mass is 526 g/mol. The number of rotatable bonds is 9. The number of benzene rings is 3. The number of sulfonamides is 1. The van der Waals surface area contributed by atoms with Crippen molar-refractivity contribution in [1.29, 1.82) is 5.26 Å². The first-order valence-electron chi connectivity index (χ1n) is 13.2. The third-order valence-corrected chi connectivity index (χ3v) is 9.70. The lowest BCUT2D eigenvalue weighted by Crippen LogP contribution is -2.30. The molecule has 0 spiro atoms. The highest BCUT2D eigenvalue weighted by molar-refractivity contribution is 7.89. The molecular formula is C31H34N4O2S. The van der Waals surface area contributed by atoms with Crippen LogP contribution in [0.25, 0.3) is 10.9 Å². The van der Waals surface area contributed by atoms with Crippen molar-refractivity contribution < 1.29 is 8.42 Å². The van der Waals surface area contributed by atoms with E-state index in [-0.39, 0.29) is 12.5 Å². The molecule has 6 nitrogen and oxygen atoms in total. The molecule has 3 atom stereocenters. The molecule has 38 heavy (non-hydrogen) atoms. The van der Waals surface area contributed by atoms with Gasteiger partial charge in [-0.05, 0) is 59.7 Å². The Kier molecular flexibility index (Phi) is 7.66. The van der Waals surface area contributed by atoms with Crippen molar-refractivity contribution in [1.82, 2.24) is 14.2 Å². The molecule has 1 aromatic heterocycles. The maximum Gasteiger partial charge on any atom is 0.234 e. The summed E-state index contributed by atoms with van der Waals surface area (Å²) in [6, 6.07) is 27.9. The molecule has 0 aliphatic carbocycles. The predicted molar refractivity (Wildman–Crippen MR) is 152 cm³/mol. The van der Waals surface area contributed by atoms with E-state index >= 15 is 0 Å². The molecule has 5 rings (SSSR count). The molecule has 0 bridgehead atoms. The summed E-state index contributed by atoms with van der Waals surface area (Å²) in [4.78, 5) is 0. The Morgan fingerprint density at radius 2 is 1.74 bits per heavy atom. The van der Waals surface area contributed by atoms with E-state index in [1.165, 1.54) is 15.4 Å². The highest BCUT2D eigenvalue weighted by atomic mass is 32.2.